The fraction of sp³-hybridized carbons (Fsp3) is 0.241. The number of fused-ring (bicyclic) bond motifs is 1. The SMILES string of the molecule is COC(=O)[C@@H]1C(=O)C2=C(C[C@@H]1C)Nc1ccccc1N[C@@H]2c1ccc(OCc2ccccc2)cc1. The van der Waals surface area contributed by atoms with Crippen LogP contribution < -0.4 is 15.4 Å². The number of esters is 1. The summed E-state index contributed by atoms with van der Waals surface area (Å²) in [5.41, 5.74) is 5.22. The number of allylic oxidation sites excluding steroid dienone is 1. The van der Waals surface area contributed by atoms with Crippen LogP contribution in [0.2, 0.25) is 0 Å². The van der Waals surface area contributed by atoms with Gasteiger partial charge in [0, 0.05) is 11.3 Å². The largest absolute Gasteiger partial charge is 0.489 e. The molecule has 0 unspecified atom stereocenters. The smallest absolute Gasteiger partial charge is 0.316 e. The molecule has 2 N–H and O–H groups in total. The molecular weight excluding hydrogens is 440 g/mol. The van der Waals surface area contributed by atoms with Crippen molar-refractivity contribution in [2.24, 2.45) is 11.8 Å². The summed E-state index contributed by atoms with van der Waals surface area (Å²) < 4.78 is 10.9. The predicted octanol–water partition coefficient (Wildman–Crippen LogP) is 5.50. The first-order valence-corrected chi connectivity index (χ1v) is 11.8. The second-order valence-corrected chi connectivity index (χ2v) is 9.03. The first kappa shape index (κ1) is 22.7. The van der Waals surface area contributed by atoms with Crippen molar-refractivity contribution in [2.45, 2.75) is 26.0 Å². The Morgan fingerprint density at radius 2 is 1.63 bits per heavy atom. The molecule has 0 aromatic heterocycles. The van der Waals surface area contributed by atoms with Gasteiger partial charge < -0.3 is 20.1 Å². The average molecular weight is 469 g/mol. The number of hydrogen-bond acceptors (Lipinski definition) is 6. The highest BCUT2D eigenvalue weighted by Gasteiger charge is 2.44. The van der Waals surface area contributed by atoms with E-state index >= 15 is 0 Å². The molecule has 3 atom stereocenters. The lowest BCUT2D eigenvalue weighted by atomic mass is 9.75. The zero-order valence-corrected chi connectivity index (χ0v) is 19.8. The fourth-order valence-corrected chi connectivity index (χ4v) is 4.88. The van der Waals surface area contributed by atoms with Gasteiger partial charge in [-0.15, -0.1) is 0 Å². The van der Waals surface area contributed by atoms with Crippen molar-refractivity contribution >= 4 is 23.1 Å². The molecule has 0 saturated carbocycles. The monoisotopic (exact) mass is 468 g/mol. The molecule has 6 heteroatoms. The van der Waals surface area contributed by atoms with Crippen LogP contribution >= 0.6 is 0 Å². The van der Waals surface area contributed by atoms with Gasteiger partial charge in [0.25, 0.3) is 0 Å². The molecule has 3 aromatic carbocycles. The quantitative estimate of drug-likeness (QED) is 0.381. The van der Waals surface area contributed by atoms with Gasteiger partial charge in [0.15, 0.2) is 5.78 Å². The summed E-state index contributed by atoms with van der Waals surface area (Å²) >= 11 is 0. The summed E-state index contributed by atoms with van der Waals surface area (Å²) in [5, 5.41) is 7.01. The summed E-state index contributed by atoms with van der Waals surface area (Å²) in [6.07, 6.45) is 0.575. The molecule has 3 aromatic rings. The van der Waals surface area contributed by atoms with Crippen LogP contribution in [-0.2, 0) is 20.9 Å². The fourth-order valence-electron chi connectivity index (χ4n) is 4.88. The third-order valence-electron chi connectivity index (χ3n) is 6.69. The van der Waals surface area contributed by atoms with E-state index in [0.29, 0.717) is 18.6 Å². The lowest BCUT2D eigenvalue weighted by molar-refractivity contribution is -0.151. The molecule has 178 valence electrons. The molecule has 1 aliphatic carbocycles. The normalized spacial score (nSPS) is 21.1. The van der Waals surface area contributed by atoms with Crippen LogP contribution in [-0.4, -0.2) is 18.9 Å². The van der Waals surface area contributed by atoms with Gasteiger partial charge >= 0.3 is 5.97 Å². The van der Waals surface area contributed by atoms with E-state index in [-0.39, 0.29) is 11.7 Å². The number of ketones is 1. The topological polar surface area (TPSA) is 76.7 Å². The number of anilines is 2. The molecule has 0 bridgehead atoms. The maximum atomic E-state index is 13.7. The number of rotatable bonds is 5. The maximum absolute atomic E-state index is 13.7. The number of benzene rings is 3. The van der Waals surface area contributed by atoms with Crippen LogP contribution in [0.5, 0.6) is 5.75 Å². The number of methoxy groups -OCH3 is 1. The van der Waals surface area contributed by atoms with Crippen molar-refractivity contribution in [1.29, 1.82) is 0 Å². The second-order valence-electron chi connectivity index (χ2n) is 9.03. The van der Waals surface area contributed by atoms with E-state index in [4.69, 9.17) is 9.47 Å². The Morgan fingerprint density at radius 1 is 0.943 bits per heavy atom. The number of para-hydroxylation sites is 2. The van der Waals surface area contributed by atoms with Crippen molar-refractivity contribution in [1.82, 2.24) is 0 Å². The highest BCUT2D eigenvalue weighted by Crippen LogP contribution is 2.43. The summed E-state index contributed by atoms with van der Waals surface area (Å²) in [6, 6.07) is 25.2. The molecule has 0 amide bonds. The summed E-state index contributed by atoms with van der Waals surface area (Å²) in [4.78, 5) is 26.2. The van der Waals surface area contributed by atoms with Gasteiger partial charge in [0.05, 0.1) is 24.5 Å². The van der Waals surface area contributed by atoms with Gasteiger partial charge in [0.1, 0.15) is 18.3 Å². The Hall–Kier alpha value is -4.06. The molecular formula is C29H28N2O4. The van der Waals surface area contributed by atoms with Crippen molar-refractivity contribution in [2.75, 3.05) is 17.7 Å². The first-order valence-electron chi connectivity index (χ1n) is 11.8. The van der Waals surface area contributed by atoms with Crippen LogP contribution in [0, 0.1) is 11.8 Å². The Labute approximate surface area is 205 Å². The van der Waals surface area contributed by atoms with Crippen LogP contribution in [0.3, 0.4) is 0 Å². The number of Topliss-reactive ketones (excluding diaryl/α,β-unsaturated/α-hetero) is 1. The molecule has 35 heavy (non-hydrogen) atoms. The number of nitrogens with one attached hydrogen (secondary N) is 2. The summed E-state index contributed by atoms with van der Waals surface area (Å²) in [5.74, 6) is -0.928. The van der Waals surface area contributed by atoms with Crippen molar-refractivity contribution in [3.05, 3.63) is 101 Å². The van der Waals surface area contributed by atoms with Gasteiger partial charge in [0.2, 0.25) is 0 Å². The third kappa shape index (κ3) is 4.52. The van der Waals surface area contributed by atoms with E-state index in [9.17, 15) is 9.59 Å². The van der Waals surface area contributed by atoms with Gasteiger partial charge in [-0.25, -0.2) is 0 Å². The Bertz CT molecular complexity index is 1270. The highest BCUT2D eigenvalue weighted by molar-refractivity contribution is 6.11. The second kappa shape index (κ2) is 9.66. The minimum atomic E-state index is -0.820. The molecule has 5 rings (SSSR count). The van der Waals surface area contributed by atoms with Crippen molar-refractivity contribution < 1.29 is 19.1 Å². The molecule has 0 saturated heterocycles. The lowest BCUT2D eigenvalue weighted by Gasteiger charge is -2.32. The van der Waals surface area contributed by atoms with Crippen LogP contribution in [0.15, 0.2) is 90.1 Å². The number of carbonyl (C=O) groups is 2. The lowest BCUT2D eigenvalue weighted by Crippen LogP contribution is -2.39. The minimum absolute atomic E-state index is 0.166. The van der Waals surface area contributed by atoms with E-state index in [0.717, 1.165) is 33.9 Å². The predicted molar refractivity (Wildman–Crippen MR) is 135 cm³/mol. The summed E-state index contributed by atoms with van der Waals surface area (Å²) in [7, 11) is 1.33. The van der Waals surface area contributed by atoms with E-state index in [1.165, 1.54) is 7.11 Å². The van der Waals surface area contributed by atoms with Crippen LogP contribution in [0.25, 0.3) is 0 Å². The molecule has 1 heterocycles. The number of carbonyl (C=O) groups excluding carboxylic acids is 2. The zero-order chi connectivity index (χ0) is 24.4. The molecule has 0 spiro atoms. The van der Waals surface area contributed by atoms with Crippen molar-refractivity contribution in [3.8, 4) is 5.75 Å². The van der Waals surface area contributed by atoms with E-state index in [1.54, 1.807) is 0 Å². The third-order valence-corrected chi connectivity index (χ3v) is 6.69. The van der Waals surface area contributed by atoms with Gasteiger partial charge in [-0.1, -0.05) is 61.5 Å². The average Bonchev–Trinajstić information content (AvgIpc) is 3.05. The van der Waals surface area contributed by atoms with E-state index in [1.807, 2.05) is 85.8 Å². The zero-order valence-electron chi connectivity index (χ0n) is 19.8. The maximum Gasteiger partial charge on any atom is 0.316 e. The highest BCUT2D eigenvalue weighted by atomic mass is 16.5. The standard InChI is InChI=1S/C29H28N2O4/c1-18-16-24-26(28(32)25(18)29(33)34-2)27(31-23-11-7-6-10-22(23)30-24)20-12-14-21(15-13-20)35-17-19-8-4-3-5-9-19/h3-15,18,25,27,30-31H,16-17H2,1-2H3/t18-,25-,27+/m0/s1. The Balaban J connectivity index is 1.48. The Kier molecular flexibility index (Phi) is 6.27. The van der Waals surface area contributed by atoms with Gasteiger partial charge in [-0.05, 0) is 47.7 Å². The van der Waals surface area contributed by atoms with Crippen LogP contribution in [0.1, 0.15) is 30.5 Å². The molecule has 0 fully saturated rings. The molecule has 1 aliphatic heterocycles. The summed E-state index contributed by atoms with van der Waals surface area (Å²) in [6.45, 7) is 2.40. The van der Waals surface area contributed by atoms with Crippen LogP contribution in [0.4, 0.5) is 11.4 Å². The minimum Gasteiger partial charge on any atom is -0.489 e. The Morgan fingerprint density at radius 3 is 2.34 bits per heavy atom. The van der Waals surface area contributed by atoms with Crippen molar-refractivity contribution in [3.63, 3.8) is 0 Å². The number of ether oxygens (including phenoxy) is 2. The molecule has 0 radical (unpaired) electrons. The van der Waals surface area contributed by atoms with Gasteiger partial charge in [-0.3, -0.25) is 9.59 Å². The van der Waals surface area contributed by atoms with E-state index in [2.05, 4.69) is 10.6 Å². The first-order chi connectivity index (χ1) is 17.0. The molecule has 2 aliphatic rings. The number of hydrogen-bond donors (Lipinski definition) is 2. The van der Waals surface area contributed by atoms with E-state index < -0.39 is 17.9 Å². The molecule has 6 nitrogen and oxygen atoms in total. The van der Waals surface area contributed by atoms with Gasteiger partial charge in [-0.2, -0.15) is 0 Å².